The van der Waals surface area contributed by atoms with E-state index in [1.165, 1.54) is 76.9 Å². The molecule has 2 heterocycles. The number of hydrogen-bond acceptors (Lipinski definition) is 0. The van der Waals surface area contributed by atoms with E-state index in [4.69, 9.17) is 0 Å². The summed E-state index contributed by atoms with van der Waals surface area (Å²) in [6.07, 6.45) is 0. The Balaban J connectivity index is 1.34. The Hall–Kier alpha value is -5.60. The van der Waals surface area contributed by atoms with Crippen LogP contribution in [-0.2, 0) is 0 Å². The summed E-state index contributed by atoms with van der Waals surface area (Å²) >= 11 is 0. The summed E-state index contributed by atoms with van der Waals surface area (Å²) < 4.78 is 4.79. The summed E-state index contributed by atoms with van der Waals surface area (Å²) in [4.78, 5) is 0. The lowest BCUT2D eigenvalue weighted by Crippen LogP contribution is -1.93. The van der Waals surface area contributed by atoms with Gasteiger partial charge in [-0.15, -0.1) is 0 Å². The van der Waals surface area contributed by atoms with Gasteiger partial charge in [-0.05, 0) is 76.5 Å². The van der Waals surface area contributed by atoms with E-state index in [1.54, 1.807) is 0 Å². The molecule has 2 heteroatoms. The van der Waals surface area contributed by atoms with Crippen molar-refractivity contribution in [3.8, 4) is 22.5 Å². The topological polar surface area (TPSA) is 9.86 Å². The van der Waals surface area contributed by atoms with Gasteiger partial charge in [0.05, 0.1) is 22.1 Å². The third-order valence-electron chi connectivity index (χ3n) is 8.69. The molecule has 0 atom stereocenters. The van der Waals surface area contributed by atoms with Gasteiger partial charge in [0.15, 0.2) is 0 Å². The SMILES string of the molecule is c1ccc(-n2c3ccccc3c3ccc(-c4ccc5c(c4)c4c6ccccc6ccc4n5-c4ccccc4)cc32)cc1. The van der Waals surface area contributed by atoms with Gasteiger partial charge in [-0.2, -0.15) is 0 Å². The quantitative estimate of drug-likeness (QED) is 0.213. The van der Waals surface area contributed by atoms with Gasteiger partial charge in [0.1, 0.15) is 0 Å². The normalized spacial score (nSPS) is 11.8. The van der Waals surface area contributed by atoms with Crippen molar-refractivity contribution in [3.63, 3.8) is 0 Å². The number of nitrogens with zero attached hydrogens (tertiary/aromatic N) is 2. The van der Waals surface area contributed by atoms with E-state index in [9.17, 15) is 0 Å². The van der Waals surface area contributed by atoms with E-state index in [0.29, 0.717) is 0 Å². The summed E-state index contributed by atoms with van der Waals surface area (Å²) in [6, 6.07) is 57.2. The Kier molecular flexibility index (Phi) is 4.93. The first kappa shape index (κ1) is 23.1. The van der Waals surface area contributed by atoms with Crippen LogP contribution in [0.4, 0.5) is 0 Å². The van der Waals surface area contributed by atoms with E-state index in [1.807, 2.05) is 0 Å². The zero-order valence-electron chi connectivity index (χ0n) is 22.9. The third kappa shape index (κ3) is 3.33. The fourth-order valence-corrected chi connectivity index (χ4v) is 6.83. The zero-order valence-corrected chi connectivity index (χ0v) is 22.9. The van der Waals surface area contributed by atoms with Crippen LogP contribution in [0.3, 0.4) is 0 Å². The number of benzene rings is 7. The second kappa shape index (κ2) is 8.95. The van der Waals surface area contributed by atoms with Crippen molar-refractivity contribution in [1.82, 2.24) is 9.13 Å². The van der Waals surface area contributed by atoms with Crippen LogP contribution in [0.1, 0.15) is 0 Å². The Morgan fingerprint density at radius 3 is 1.64 bits per heavy atom. The minimum absolute atomic E-state index is 1.17. The van der Waals surface area contributed by atoms with Crippen LogP contribution in [0.15, 0.2) is 158 Å². The summed E-state index contributed by atoms with van der Waals surface area (Å²) in [5.41, 5.74) is 9.67. The number of rotatable bonds is 3. The summed E-state index contributed by atoms with van der Waals surface area (Å²) in [6.45, 7) is 0. The average molecular weight is 535 g/mol. The molecule has 0 spiro atoms. The van der Waals surface area contributed by atoms with Crippen molar-refractivity contribution in [2.75, 3.05) is 0 Å². The molecule has 7 aromatic carbocycles. The predicted octanol–water partition coefficient (Wildman–Crippen LogP) is 10.7. The van der Waals surface area contributed by atoms with E-state index in [0.717, 1.165) is 0 Å². The molecule has 0 unspecified atom stereocenters. The van der Waals surface area contributed by atoms with E-state index in [2.05, 4.69) is 167 Å². The van der Waals surface area contributed by atoms with Crippen LogP contribution < -0.4 is 0 Å². The first-order valence-electron chi connectivity index (χ1n) is 14.5. The number of aromatic nitrogens is 2. The van der Waals surface area contributed by atoms with Crippen LogP contribution in [-0.4, -0.2) is 9.13 Å². The van der Waals surface area contributed by atoms with Crippen molar-refractivity contribution in [1.29, 1.82) is 0 Å². The maximum absolute atomic E-state index is 2.40. The lowest BCUT2D eigenvalue weighted by molar-refractivity contribution is 1.18. The Morgan fingerprint density at radius 1 is 0.310 bits per heavy atom. The molecule has 0 aliphatic carbocycles. The molecule has 0 fully saturated rings. The molecule has 0 N–H and O–H groups in total. The molecular weight excluding hydrogens is 508 g/mol. The molecule has 0 saturated carbocycles. The summed E-state index contributed by atoms with van der Waals surface area (Å²) in [5, 5.41) is 7.66. The largest absolute Gasteiger partial charge is 0.309 e. The molecule has 0 radical (unpaired) electrons. The monoisotopic (exact) mass is 534 g/mol. The molecule has 9 rings (SSSR count). The first-order chi connectivity index (χ1) is 20.8. The lowest BCUT2D eigenvalue weighted by atomic mass is 9.99. The maximum atomic E-state index is 2.40. The van der Waals surface area contributed by atoms with Crippen LogP contribution in [0.2, 0.25) is 0 Å². The number of para-hydroxylation sites is 3. The highest BCUT2D eigenvalue weighted by atomic mass is 15.0. The molecule has 0 aliphatic rings. The van der Waals surface area contributed by atoms with Gasteiger partial charge in [0.2, 0.25) is 0 Å². The Morgan fingerprint density at radius 2 is 0.857 bits per heavy atom. The van der Waals surface area contributed by atoms with Gasteiger partial charge in [-0.3, -0.25) is 0 Å². The second-order valence-corrected chi connectivity index (χ2v) is 11.0. The second-order valence-electron chi connectivity index (χ2n) is 11.0. The van der Waals surface area contributed by atoms with Gasteiger partial charge in [-0.25, -0.2) is 0 Å². The van der Waals surface area contributed by atoms with Crippen molar-refractivity contribution in [2.24, 2.45) is 0 Å². The predicted molar refractivity (Wildman–Crippen MR) is 178 cm³/mol. The van der Waals surface area contributed by atoms with Gasteiger partial charge < -0.3 is 9.13 Å². The third-order valence-corrected chi connectivity index (χ3v) is 8.69. The molecule has 196 valence electrons. The number of fused-ring (bicyclic) bond motifs is 8. The van der Waals surface area contributed by atoms with Crippen LogP contribution in [0.5, 0.6) is 0 Å². The molecule has 2 nitrogen and oxygen atoms in total. The minimum Gasteiger partial charge on any atom is -0.309 e. The van der Waals surface area contributed by atoms with Gasteiger partial charge in [0, 0.05) is 32.9 Å². The fourth-order valence-electron chi connectivity index (χ4n) is 6.83. The van der Waals surface area contributed by atoms with Gasteiger partial charge in [0.25, 0.3) is 0 Å². The zero-order chi connectivity index (χ0) is 27.6. The van der Waals surface area contributed by atoms with Crippen LogP contribution >= 0.6 is 0 Å². The van der Waals surface area contributed by atoms with E-state index < -0.39 is 0 Å². The number of hydrogen-bond donors (Lipinski definition) is 0. The van der Waals surface area contributed by atoms with Crippen molar-refractivity contribution in [3.05, 3.63) is 158 Å². The first-order valence-corrected chi connectivity index (χ1v) is 14.5. The minimum atomic E-state index is 1.17. The highest BCUT2D eigenvalue weighted by molar-refractivity contribution is 6.22. The highest BCUT2D eigenvalue weighted by Crippen LogP contribution is 2.40. The van der Waals surface area contributed by atoms with Crippen LogP contribution in [0.25, 0.3) is 76.9 Å². The Bertz CT molecular complexity index is 2440. The van der Waals surface area contributed by atoms with Gasteiger partial charge >= 0.3 is 0 Å². The van der Waals surface area contributed by atoms with Crippen LogP contribution in [0, 0.1) is 0 Å². The standard InChI is InChI=1S/C40H26N2/c1-3-12-30(13-4-1)41-37-23-21-28(25-35(37)40-32-16-8-7-11-27(32)20-24-38(40)41)29-19-22-34-33-17-9-10-18-36(33)42(39(34)26-29)31-14-5-2-6-15-31/h1-26H. The lowest BCUT2D eigenvalue weighted by Gasteiger charge is -2.10. The molecule has 0 saturated heterocycles. The summed E-state index contributed by atoms with van der Waals surface area (Å²) in [5.74, 6) is 0. The molecule has 0 bridgehead atoms. The van der Waals surface area contributed by atoms with Gasteiger partial charge in [-0.1, -0.05) is 103 Å². The van der Waals surface area contributed by atoms with E-state index >= 15 is 0 Å². The molecular formula is C40H26N2. The molecule has 2 aromatic heterocycles. The van der Waals surface area contributed by atoms with E-state index in [-0.39, 0.29) is 0 Å². The average Bonchev–Trinajstić information content (AvgIpc) is 3.58. The highest BCUT2D eigenvalue weighted by Gasteiger charge is 2.17. The molecule has 0 aliphatic heterocycles. The molecule has 0 amide bonds. The fraction of sp³-hybridized carbons (Fsp3) is 0. The summed E-state index contributed by atoms with van der Waals surface area (Å²) in [7, 11) is 0. The molecule has 9 aromatic rings. The molecule has 42 heavy (non-hydrogen) atoms. The van der Waals surface area contributed by atoms with Crippen molar-refractivity contribution < 1.29 is 0 Å². The smallest absolute Gasteiger partial charge is 0.0547 e. The Labute approximate surface area is 243 Å². The van der Waals surface area contributed by atoms with Crippen molar-refractivity contribution in [2.45, 2.75) is 0 Å². The maximum Gasteiger partial charge on any atom is 0.0547 e. The van der Waals surface area contributed by atoms with Crippen molar-refractivity contribution >= 4 is 54.4 Å².